The molecule has 1 aliphatic carbocycles. The van der Waals surface area contributed by atoms with Gasteiger partial charge in [-0.15, -0.1) is 11.3 Å². The number of H-pyrrole nitrogens is 1. The summed E-state index contributed by atoms with van der Waals surface area (Å²) in [6.45, 7) is 4.05. The number of fused-ring (bicyclic) bond motifs is 1. The summed E-state index contributed by atoms with van der Waals surface area (Å²) in [6, 6.07) is 1.43. The lowest BCUT2D eigenvalue weighted by Gasteiger charge is -2.17. The lowest BCUT2D eigenvalue weighted by molar-refractivity contribution is -0.113. The standard InChI is InChI=1S/C18H21N3O4S2/c1-3-10-7-13(22)21-18(19-10)26-8-14(23)20-16-15(17(24)25)11-5-4-9(2)6-12(11)27-16/h7,9H,3-6,8H2,1-2H3,(H,20,23)(H,24,25)(H,19,21,22). The Balaban J connectivity index is 1.72. The Morgan fingerprint density at radius 2 is 2.26 bits per heavy atom. The van der Waals surface area contributed by atoms with E-state index in [0.29, 0.717) is 28.2 Å². The highest BCUT2D eigenvalue weighted by atomic mass is 32.2. The van der Waals surface area contributed by atoms with Gasteiger partial charge in [0.25, 0.3) is 5.56 Å². The fourth-order valence-corrected chi connectivity index (χ4v) is 5.21. The first-order valence-electron chi connectivity index (χ1n) is 8.78. The Morgan fingerprint density at radius 1 is 1.48 bits per heavy atom. The molecule has 0 bridgehead atoms. The molecule has 3 rings (SSSR count). The summed E-state index contributed by atoms with van der Waals surface area (Å²) in [6.07, 6.45) is 3.17. The van der Waals surface area contributed by atoms with Crippen molar-refractivity contribution in [1.82, 2.24) is 9.97 Å². The van der Waals surface area contributed by atoms with Crippen molar-refractivity contribution in [3.05, 3.63) is 38.1 Å². The van der Waals surface area contributed by atoms with Crippen molar-refractivity contribution in [1.29, 1.82) is 0 Å². The molecule has 0 radical (unpaired) electrons. The zero-order chi connectivity index (χ0) is 19.6. The number of rotatable bonds is 6. The normalized spacial score (nSPS) is 16.0. The fraction of sp³-hybridized carbons (Fsp3) is 0.444. The van der Waals surface area contributed by atoms with E-state index in [1.54, 1.807) is 0 Å². The number of aromatic amines is 1. The van der Waals surface area contributed by atoms with Crippen molar-refractivity contribution < 1.29 is 14.7 Å². The van der Waals surface area contributed by atoms with E-state index < -0.39 is 5.97 Å². The second kappa shape index (κ2) is 8.26. The van der Waals surface area contributed by atoms with Crippen LogP contribution in [0.1, 0.15) is 46.8 Å². The number of aromatic carboxylic acids is 1. The average molecular weight is 408 g/mol. The van der Waals surface area contributed by atoms with E-state index in [4.69, 9.17) is 0 Å². The van der Waals surface area contributed by atoms with Gasteiger partial charge in [0.2, 0.25) is 5.91 Å². The number of hydrogen-bond acceptors (Lipinski definition) is 6. The second-order valence-electron chi connectivity index (χ2n) is 6.59. The number of nitrogens with one attached hydrogen (secondary N) is 2. The van der Waals surface area contributed by atoms with Gasteiger partial charge in [-0.1, -0.05) is 25.6 Å². The molecule has 1 amide bonds. The number of carboxylic acids is 1. The molecule has 2 aromatic heterocycles. The Bertz CT molecular complexity index is 935. The van der Waals surface area contributed by atoms with Crippen molar-refractivity contribution in [3.63, 3.8) is 0 Å². The van der Waals surface area contributed by atoms with Crippen LogP contribution in [-0.4, -0.2) is 32.7 Å². The van der Waals surface area contributed by atoms with Gasteiger partial charge in [-0.05, 0) is 37.2 Å². The van der Waals surface area contributed by atoms with Crippen LogP contribution in [-0.2, 0) is 24.1 Å². The topological polar surface area (TPSA) is 112 Å². The molecule has 27 heavy (non-hydrogen) atoms. The first-order valence-corrected chi connectivity index (χ1v) is 10.6. The maximum atomic E-state index is 12.3. The Hall–Kier alpha value is -2.13. The largest absolute Gasteiger partial charge is 0.478 e. The van der Waals surface area contributed by atoms with E-state index in [0.717, 1.165) is 41.5 Å². The number of carbonyl (C=O) groups excluding carboxylic acids is 1. The molecule has 1 atom stereocenters. The van der Waals surface area contributed by atoms with Crippen LogP contribution < -0.4 is 10.9 Å². The molecule has 0 aliphatic heterocycles. The van der Waals surface area contributed by atoms with E-state index in [9.17, 15) is 19.5 Å². The highest BCUT2D eigenvalue weighted by Gasteiger charge is 2.28. The minimum absolute atomic E-state index is 0.0358. The summed E-state index contributed by atoms with van der Waals surface area (Å²) in [5.41, 5.74) is 1.49. The number of aromatic nitrogens is 2. The molecule has 0 saturated heterocycles. The van der Waals surface area contributed by atoms with E-state index in [1.807, 2.05) is 6.92 Å². The summed E-state index contributed by atoms with van der Waals surface area (Å²) < 4.78 is 0. The molecule has 0 spiro atoms. The van der Waals surface area contributed by atoms with Crippen LogP contribution in [0.15, 0.2) is 16.0 Å². The van der Waals surface area contributed by atoms with Crippen LogP contribution in [0.3, 0.4) is 0 Å². The van der Waals surface area contributed by atoms with Gasteiger partial charge in [0.15, 0.2) is 5.16 Å². The van der Waals surface area contributed by atoms with Crippen molar-refractivity contribution in [3.8, 4) is 0 Å². The van der Waals surface area contributed by atoms with Crippen molar-refractivity contribution in [2.24, 2.45) is 5.92 Å². The zero-order valence-electron chi connectivity index (χ0n) is 15.1. The molecule has 0 fully saturated rings. The fourth-order valence-electron chi connectivity index (χ4n) is 3.09. The van der Waals surface area contributed by atoms with Crippen LogP contribution >= 0.6 is 23.1 Å². The van der Waals surface area contributed by atoms with Gasteiger partial charge in [-0.25, -0.2) is 9.78 Å². The van der Waals surface area contributed by atoms with Crippen LogP contribution in [0.4, 0.5) is 5.00 Å². The molecule has 9 heteroatoms. The monoisotopic (exact) mass is 407 g/mol. The van der Waals surface area contributed by atoms with E-state index in [2.05, 4.69) is 22.2 Å². The highest BCUT2D eigenvalue weighted by Crippen LogP contribution is 2.39. The van der Waals surface area contributed by atoms with Gasteiger partial charge in [-0.3, -0.25) is 9.59 Å². The third-order valence-corrected chi connectivity index (χ3v) is 6.50. The summed E-state index contributed by atoms with van der Waals surface area (Å²) in [5, 5.41) is 13.1. The van der Waals surface area contributed by atoms with Crippen molar-refractivity contribution >= 4 is 40.0 Å². The smallest absolute Gasteiger partial charge is 0.339 e. The lowest BCUT2D eigenvalue weighted by atomic mass is 9.88. The third kappa shape index (κ3) is 4.59. The molecule has 0 saturated carbocycles. The van der Waals surface area contributed by atoms with Crippen molar-refractivity contribution in [2.45, 2.75) is 44.7 Å². The summed E-state index contributed by atoms with van der Waals surface area (Å²) in [5.74, 6) is -0.773. The number of nitrogens with zero attached hydrogens (tertiary/aromatic N) is 1. The Labute approximate surface area is 164 Å². The molecule has 2 heterocycles. The summed E-state index contributed by atoms with van der Waals surface area (Å²) >= 11 is 2.48. The highest BCUT2D eigenvalue weighted by molar-refractivity contribution is 7.99. The van der Waals surface area contributed by atoms with Gasteiger partial charge >= 0.3 is 5.97 Å². The van der Waals surface area contributed by atoms with E-state index in [-0.39, 0.29) is 22.8 Å². The van der Waals surface area contributed by atoms with Crippen LogP contribution in [0.2, 0.25) is 0 Å². The average Bonchev–Trinajstić information content (AvgIpc) is 2.96. The predicted octanol–water partition coefficient (Wildman–Crippen LogP) is 2.95. The van der Waals surface area contributed by atoms with Gasteiger partial charge in [0.05, 0.1) is 11.3 Å². The van der Waals surface area contributed by atoms with Gasteiger partial charge in [0.1, 0.15) is 5.00 Å². The van der Waals surface area contributed by atoms with E-state index >= 15 is 0 Å². The SMILES string of the molecule is CCc1cc(=O)[nH]c(SCC(=O)Nc2sc3c(c2C(=O)O)CCC(C)C3)n1. The van der Waals surface area contributed by atoms with Crippen LogP contribution in [0.5, 0.6) is 0 Å². The minimum Gasteiger partial charge on any atom is -0.478 e. The molecule has 1 aliphatic rings. The third-order valence-electron chi connectivity index (χ3n) is 4.45. The summed E-state index contributed by atoms with van der Waals surface area (Å²) in [7, 11) is 0. The number of anilines is 1. The number of amides is 1. The molecule has 2 aromatic rings. The first-order chi connectivity index (χ1) is 12.9. The number of carbonyl (C=O) groups is 2. The maximum absolute atomic E-state index is 12.3. The molecule has 3 N–H and O–H groups in total. The Kier molecular flexibility index (Phi) is 6.01. The molecule has 144 valence electrons. The zero-order valence-corrected chi connectivity index (χ0v) is 16.8. The lowest BCUT2D eigenvalue weighted by Crippen LogP contribution is -2.17. The molecular formula is C18H21N3O4S2. The number of thioether (sulfide) groups is 1. The number of thiophene rings is 1. The Morgan fingerprint density at radius 3 is 2.96 bits per heavy atom. The number of carboxylic acid groups (broad SMARTS) is 1. The summed E-state index contributed by atoms with van der Waals surface area (Å²) in [4.78, 5) is 43.6. The van der Waals surface area contributed by atoms with Gasteiger partial charge < -0.3 is 15.4 Å². The van der Waals surface area contributed by atoms with Gasteiger partial charge in [-0.2, -0.15) is 0 Å². The molecular weight excluding hydrogens is 386 g/mol. The molecule has 7 nitrogen and oxygen atoms in total. The predicted molar refractivity (Wildman–Crippen MR) is 106 cm³/mol. The van der Waals surface area contributed by atoms with Crippen LogP contribution in [0, 0.1) is 5.92 Å². The van der Waals surface area contributed by atoms with Gasteiger partial charge in [0, 0.05) is 16.6 Å². The van der Waals surface area contributed by atoms with Crippen molar-refractivity contribution in [2.75, 3.05) is 11.1 Å². The minimum atomic E-state index is -1.01. The number of hydrogen-bond donors (Lipinski definition) is 3. The quantitative estimate of drug-likeness (QED) is 0.501. The van der Waals surface area contributed by atoms with E-state index in [1.165, 1.54) is 17.4 Å². The molecule has 1 unspecified atom stereocenters. The van der Waals surface area contributed by atoms with Crippen LogP contribution in [0.25, 0.3) is 0 Å². The first kappa shape index (κ1) is 19.6. The number of aryl methyl sites for hydroxylation is 1. The molecule has 0 aromatic carbocycles. The second-order valence-corrected chi connectivity index (χ2v) is 8.66. The maximum Gasteiger partial charge on any atom is 0.339 e.